The topological polar surface area (TPSA) is 317 Å². The molecule has 0 saturated carbocycles. The highest BCUT2D eigenvalue weighted by molar-refractivity contribution is 7.61. The van der Waals surface area contributed by atoms with Gasteiger partial charge < -0.3 is 55.0 Å². The highest BCUT2D eigenvalue weighted by Crippen LogP contribution is 2.61. The molecule has 0 aromatic carbocycles. The number of H-pyrrole nitrogens is 1. The van der Waals surface area contributed by atoms with Crippen LogP contribution in [0.5, 0.6) is 0 Å². The minimum Gasteiger partial charge on any atom is -0.387 e. The highest BCUT2D eigenvalue weighted by atomic mass is 31.3. The Kier molecular flexibility index (Phi) is 9.25. The molecular weight excluding hydrogens is 558 g/mol. The first-order chi connectivity index (χ1) is 17.0. The maximum atomic E-state index is 12.2. The van der Waals surface area contributed by atoms with E-state index in [9.17, 15) is 54.0 Å². The molecule has 0 aliphatic carbocycles. The van der Waals surface area contributed by atoms with E-state index in [-0.39, 0.29) is 0 Å². The van der Waals surface area contributed by atoms with E-state index >= 15 is 0 Å². The minimum absolute atomic E-state index is 0.706. The van der Waals surface area contributed by atoms with E-state index in [0.29, 0.717) is 4.57 Å². The van der Waals surface area contributed by atoms with Crippen LogP contribution in [0.4, 0.5) is 0 Å². The monoisotopic (exact) mass is 582 g/mol. The van der Waals surface area contributed by atoms with Crippen LogP contribution >= 0.6 is 15.6 Å². The van der Waals surface area contributed by atoms with Crippen molar-refractivity contribution in [3.8, 4) is 0 Å². The first-order valence-corrected chi connectivity index (χ1v) is 13.1. The lowest BCUT2D eigenvalue weighted by Crippen LogP contribution is -2.61. The molecule has 2 saturated heterocycles. The summed E-state index contributed by atoms with van der Waals surface area (Å²) in [6, 6.07) is 0.915. The molecule has 0 spiro atoms. The molecule has 2 aliphatic heterocycles. The number of hydrogen-bond acceptors (Lipinski definition) is 16. The summed E-state index contributed by atoms with van der Waals surface area (Å²) in [6.07, 6.45) is -19.2. The van der Waals surface area contributed by atoms with Gasteiger partial charge >= 0.3 is 21.3 Å². The number of nitrogens with zero attached hydrogens (tertiary/aromatic N) is 1. The van der Waals surface area contributed by atoms with Gasteiger partial charge in [0.15, 0.2) is 18.8 Å². The van der Waals surface area contributed by atoms with Crippen molar-refractivity contribution in [2.75, 3.05) is 6.61 Å². The third-order valence-corrected chi connectivity index (χ3v) is 7.81. The van der Waals surface area contributed by atoms with Crippen LogP contribution in [0.25, 0.3) is 0 Å². The number of ether oxygens (including phenoxy) is 2. The van der Waals surface area contributed by atoms with Gasteiger partial charge in [-0.2, -0.15) is 4.31 Å². The van der Waals surface area contributed by atoms with Crippen molar-refractivity contribution in [2.24, 2.45) is 0 Å². The predicted octanol–water partition coefficient (Wildman–Crippen LogP) is -5.48. The van der Waals surface area contributed by atoms with Gasteiger partial charge in [-0.05, 0) is 0 Å². The lowest BCUT2D eigenvalue weighted by atomic mass is 9.99. The SMILES string of the molecule is O=c1ccn(C2OC(COP(=O)(O)OP(=O)(O)O[C@H]3OC(C(O)O)[C@H](O)C(O)C3O)C(O)C2O)c(=O)[nH]1. The molecule has 11 atom stereocenters. The standard InChI is InChI=1S/C15H24N2O18P2/c18-5-1-2-17(15(26)16-5)12-9(22)6(19)4(32-12)3-31-36(27,28)35-37(29,30)34-14-10(23)7(20)8(21)11(33-14)13(24)25/h1-2,4,6-14,19-25H,3H2,(H,27,28)(H,29,30)(H,16,18,26)/t4?,6?,7?,8-,9?,10?,11?,12?,14-/m1/s1. The number of rotatable bonds is 9. The second kappa shape index (κ2) is 11.4. The molecule has 3 rings (SSSR count). The van der Waals surface area contributed by atoms with Crippen LogP contribution in [0.2, 0.25) is 0 Å². The van der Waals surface area contributed by atoms with Crippen LogP contribution in [-0.2, 0) is 32.0 Å². The van der Waals surface area contributed by atoms with Crippen molar-refractivity contribution in [2.45, 2.75) is 61.5 Å². The molecule has 1 aromatic rings. The van der Waals surface area contributed by atoms with E-state index < -0.39 is 95.0 Å². The van der Waals surface area contributed by atoms with E-state index in [1.54, 1.807) is 0 Å². The summed E-state index contributed by atoms with van der Waals surface area (Å²) in [7, 11) is -11.2. The summed E-state index contributed by atoms with van der Waals surface area (Å²) in [6.45, 7) is -1.06. The number of aliphatic hydroxyl groups is 7. The van der Waals surface area contributed by atoms with Crippen LogP contribution in [0.1, 0.15) is 6.23 Å². The van der Waals surface area contributed by atoms with Gasteiger partial charge in [-0.3, -0.25) is 23.4 Å². The first kappa shape index (κ1) is 30.1. The molecule has 0 radical (unpaired) electrons. The normalized spacial score (nSPS) is 37.8. The fraction of sp³-hybridized carbons (Fsp3) is 0.733. The smallest absolute Gasteiger partial charge is 0.387 e. The molecule has 22 heteroatoms. The molecule has 20 nitrogen and oxygen atoms in total. The number of phosphoric ester groups is 2. The van der Waals surface area contributed by atoms with Gasteiger partial charge in [-0.1, -0.05) is 0 Å². The zero-order valence-electron chi connectivity index (χ0n) is 18.2. The molecule has 0 bridgehead atoms. The average Bonchev–Trinajstić information content (AvgIpc) is 3.05. The number of nitrogens with one attached hydrogen (secondary N) is 1. The maximum absolute atomic E-state index is 12.2. The van der Waals surface area contributed by atoms with Gasteiger partial charge in [0.25, 0.3) is 5.56 Å². The molecule has 0 amide bonds. The molecule has 2 aliphatic rings. The van der Waals surface area contributed by atoms with Crippen LogP contribution in [-0.4, -0.2) is 117 Å². The van der Waals surface area contributed by atoms with Crippen LogP contribution in [0, 0.1) is 0 Å². The molecule has 3 heterocycles. The zero-order valence-corrected chi connectivity index (χ0v) is 20.0. The van der Waals surface area contributed by atoms with Crippen LogP contribution < -0.4 is 11.2 Å². The Hall–Kier alpha value is -1.42. The van der Waals surface area contributed by atoms with Crippen molar-refractivity contribution in [1.29, 1.82) is 0 Å². The third kappa shape index (κ3) is 6.97. The molecule has 212 valence electrons. The molecule has 1 aromatic heterocycles. The minimum atomic E-state index is -5.69. The van der Waals surface area contributed by atoms with E-state index in [1.807, 2.05) is 4.98 Å². The van der Waals surface area contributed by atoms with Crippen molar-refractivity contribution in [1.82, 2.24) is 9.55 Å². The second-order valence-electron chi connectivity index (χ2n) is 7.84. The quantitative estimate of drug-likeness (QED) is 0.0958. The maximum Gasteiger partial charge on any atom is 0.483 e. The van der Waals surface area contributed by atoms with E-state index in [0.717, 1.165) is 12.3 Å². The highest BCUT2D eigenvalue weighted by Gasteiger charge is 2.51. The van der Waals surface area contributed by atoms with E-state index in [2.05, 4.69) is 13.4 Å². The lowest BCUT2D eigenvalue weighted by molar-refractivity contribution is -0.312. The fourth-order valence-corrected chi connectivity index (χ4v) is 5.56. The molecule has 9 unspecified atom stereocenters. The van der Waals surface area contributed by atoms with Gasteiger partial charge in [0, 0.05) is 12.3 Å². The van der Waals surface area contributed by atoms with Gasteiger partial charge in [0.1, 0.15) is 42.7 Å². The summed E-state index contributed by atoms with van der Waals surface area (Å²) in [5, 5.41) is 67.8. The summed E-state index contributed by atoms with van der Waals surface area (Å²) < 4.78 is 47.8. The van der Waals surface area contributed by atoms with Crippen molar-refractivity contribution in [3.05, 3.63) is 33.1 Å². The number of aromatic nitrogens is 2. The second-order valence-corrected chi connectivity index (χ2v) is 10.8. The third-order valence-electron chi connectivity index (χ3n) is 5.21. The summed E-state index contributed by atoms with van der Waals surface area (Å²) in [4.78, 5) is 44.5. The van der Waals surface area contributed by atoms with Gasteiger partial charge in [-0.15, -0.1) is 0 Å². The summed E-state index contributed by atoms with van der Waals surface area (Å²) in [5.74, 6) is 0. The Labute approximate surface area is 204 Å². The molecule has 10 N–H and O–H groups in total. The number of aromatic amines is 1. The van der Waals surface area contributed by atoms with Gasteiger partial charge in [0.05, 0.1) is 6.61 Å². The van der Waals surface area contributed by atoms with Crippen molar-refractivity contribution >= 4 is 15.6 Å². The van der Waals surface area contributed by atoms with Gasteiger partial charge in [0.2, 0.25) is 0 Å². The Balaban J connectivity index is 1.62. The number of aliphatic hydroxyl groups excluding tert-OH is 6. The Morgan fingerprint density at radius 1 is 0.946 bits per heavy atom. The predicted molar refractivity (Wildman–Crippen MR) is 110 cm³/mol. The Morgan fingerprint density at radius 3 is 2.19 bits per heavy atom. The summed E-state index contributed by atoms with van der Waals surface area (Å²) in [5.41, 5.74) is -1.77. The van der Waals surface area contributed by atoms with Crippen molar-refractivity contribution < 1.29 is 77.5 Å². The molecule has 37 heavy (non-hydrogen) atoms. The largest absolute Gasteiger partial charge is 0.483 e. The Bertz CT molecular complexity index is 1160. The zero-order chi connectivity index (χ0) is 27.9. The lowest BCUT2D eigenvalue weighted by Gasteiger charge is -2.40. The molecular formula is C15H24N2O18P2. The van der Waals surface area contributed by atoms with Crippen molar-refractivity contribution in [3.63, 3.8) is 0 Å². The fourth-order valence-electron chi connectivity index (χ4n) is 3.40. The van der Waals surface area contributed by atoms with Crippen LogP contribution in [0.15, 0.2) is 21.9 Å². The van der Waals surface area contributed by atoms with E-state index in [1.165, 1.54) is 0 Å². The van der Waals surface area contributed by atoms with Crippen LogP contribution in [0.3, 0.4) is 0 Å². The first-order valence-electron chi connectivity index (χ1n) is 10.1. The molecule has 2 fully saturated rings. The van der Waals surface area contributed by atoms with Gasteiger partial charge in [-0.25, -0.2) is 13.9 Å². The average molecular weight is 582 g/mol. The Morgan fingerprint density at radius 2 is 1.59 bits per heavy atom. The number of hydrogen-bond donors (Lipinski definition) is 10. The van der Waals surface area contributed by atoms with E-state index in [4.69, 9.17) is 19.7 Å². The number of phosphoric acid groups is 2. The summed E-state index contributed by atoms with van der Waals surface area (Å²) >= 11 is 0.